The molecule has 1 rings (SSSR count). The highest BCUT2D eigenvalue weighted by molar-refractivity contribution is 5.48. The molecule has 0 aliphatic rings. The molecule has 0 unspecified atom stereocenters. The maximum Gasteiger partial charge on any atom is 0.119 e. The molecule has 0 amide bonds. The van der Waals surface area contributed by atoms with E-state index in [1.807, 2.05) is 30.3 Å². The highest BCUT2D eigenvalue weighted by Crippen LogP contribution is 2.20. The molecule has 0 aliphatic carbocycles. The summed E-state index contributed by atoms with van der Waals surface area (Å²) >= 11 is 0. The first kappa shape index (κ1) is 14.8. The molecule has 0 N–H and O–H groups in total. The van der Waals surface area contributed by atoms with E-state index in [0.717, 1.165) is 30.9 Å². The molecule has 1 aromatic carbocycles. The summed E-state index contributed by atoms with van der Waals surface area (Å²) in [6.07, 6.45) is 2.88. The first-order chi connectivity index (χ1) is 8.57. The van der Waals surface area contributed by atoms with Gasteiger partial charge < -0.3 is 9.47 Å². The van der Waals surface area contributed by atoms with Crippen molar-refractivity contribution in [1.82, 2.24) is 0 Å². The minimum absolute atomic E-state index is 0.0340. The van der Waals surface area contributed by atoms with Crippen molar-refractivity contribution < 1.29 is 9.47 Å². The van der Waals surface area contributed by atoms with E-state index in [1.165, 1.54) is 0 Å². The third kappa shape index (κ3) is 5.37. The lowest BCUT2D eigenvalue weighted by atomic mass is 9.96. The van der Waals surface area contributed by atoms with Crippen molar-refractivity contribution in [3.63, 3.8) is 0 Å². The van der Waals surface area contributed by atoms with Crippen molar-refractivity contribution >= 4 is 6.08 Å². The van der Waals surface area contributed by atoms with Crippen LogP contribution in [0.1, 0.15) is 32.8 Å². The number of hydrogen-bond donors (Lipinski definition) is 0. The van der Waals surface area contributed by atoms with Crippen LogP contribution < -0.4 is 4.74 Å². The van der Waals surface area contributed by atoms with Crippen molar-refractivity contribution in [3.8, 4) is 5.75 Å². The fourth-order valence-corrected chi connectivity index (χ4v) is 1.51. The Labute approximate surface area is 111 Å². The van der Waals surface area contributed by atoms with Crippen molar-refractivity contribution in [1.29, 1.82) is 0 Å². The molecular weight excluding hydrogens is 224 g/mol. The fourth-order valence-electron chi connectivity index (χ4n) is 1.51. The van der Waals surface area contributed by atoms with Crippen LogP contribution in [0, 0.1) is 5.41 Å². The quantitative estimate of drug-likeness (QED) is 0.643. The Kier molecular flexibility index (Phi) is 5.93. The lowest BCUT2D eigenvalue weighted by molar-refractivity contribution is 0.0350. The van der Waals surface area contributed by atoms with Gasteiger partial charge in [-0.05, 0) is 24.1 Å². The molecule has 0 fully saturated rings. The van der Waals surface area contributed by atoms with E-state index in [9.17, 15) is 0 Å². The van der Waals surface area contributed by atoms with Gasteiger partial charge in [0.15, 0.2) is 0 Å². The van der Waals surface area contributed by atoms with Crippen LogP contribution in [0.15, 0.2) is 30.8 Å². The second kappa shape index (κ2) is 7.22. The zero-order valence-electron chi connectivity index (χ0n) is 11.7. The molecule has 18 heavy (non-hydrogen) atoms. The molecule has 2 nitrogen and oxygen atoms in total. The summed E-state index contributed by atoms with van der Waals surface area (Å²) in [7, 11) is 0. The minimum atomic E-state index is 0.0340. The Morgan fingerprint density at radius 2 is 1.83 bits per heavy atom. The third-order valence-electron chi connectivity index (χ3n) is 2.59. The highest BCUT2D eigenvalue weighted by atomic mass is 16.5. The fraction of sp³-hybridized carbons (Fsp3) is 0.500. The lowest BCUT2D eigenvalue weighted by Crippen LogP contribution is -2.27. The van der Waals surface area contributed by atoms with E-state index in [0.29, 0.717) is 6.61 Å². The molecule has 0 heterocycles. The smallest absolute Gasteiger partial charge is 0.119 e. The van der Waals surface area contributed by atoms with E-state index in [2.05, 4.69) is 27.4 Å². The predicted octanol–water partition coefficient (Wildman–Crippen LogP) is 4.16. The lowest BCUT2D eigenvalue weighted by Gasteiger charge is -2.24. The second-order valence-electron chi connectivity index (χ2n) is 5.28. The van der Waals surface area contributed by atoms with Gasteiger partial charge in [-0.2, -0.15) is 0 Å². The van der Waals surface area contributed by atoms with Gasteiger partial charge in [-0.3, -0.25) is 0 Å². The van der Waals surface area contributed by atoms with Crippen LogP contribution in [-0.4, -0.2) is 19.8 Å². The van der Waals surface area contributed by atoms with E-state index in [-0.39, 0.29) is 5.41 Å². The standard InChI is InChI=1S/C16H24O2/c1-5-11-17-12-16(3,4)13-18-15-9-7-14(6-2)8-10-15/h6-10H,2,5,11-13H2,1,3-4H3. The van der Waals surface area contributed by atoms with Crippen LogP contribution in [0.2, 0.25) is 0 Å². The van der Waals surface area contributed by atoms with E-state index in [4.69, 9.17) is 9.47 Å². The molecule has 2 heteroatoms. The molecule has 0 atom stereocenters. The molecule has 1 aromatic rings. The summed E-state index contributed by atoms with van der Waals surface area (Å²) in [4.78, 5) is 0. The van der Waals surface area contributed by atoms with Gasteiger partial charge >= 0.3 is 0 Å². The second-order valence-corrected chi connectivity index (χ2v) is 5.28. The van der Waals surface area contributed by atoms with Gasteiger partial charge in [-0.25, -0.2) is 0 Å². The van der Waals surface area contributed by atoms with Gasteiger partial charge in [0, 0.05) is 12.0 Å². The average Bonchev–Trinajstić information content (AvgIpc) is 2.37. The van der Waals surface area contributed by atoms with Gasteiger partial charge in [0.2, 0.25) is 0 Å². The average molecular weight is 248 g/mol. The Morgan fingerprint density at radius 1 is 1.17 bits per heavy atom. The van der Waals surface area contributed by atoms with Crippen molar-refractivity contribution in [3.05, 3.63) is 36.4 Å². The number of hydrogen-bond acceptors (Lipinski definition) is 2. The summed E-state index contributed by atoms with van der Waals surface area (Å²) in [5, 5.41) is 0. The number of benzene rings is 1. The first-order valence-electron chi connectivity index (χ1n) is 6.50. The monoisotopic (exact) mass is 248 g/mol. The van der Waals surface area contributed by atoms with Gasteiger partial charge in [0.1, 0.15) is 5.75 Å². The molecule has 0 saturated carbocycles. The zero-order valence-corrected chi connectivity index (χ0v) is 11.7. The SMILES string of the molecule is C=Cc1ccc(OCC(C)(C)COCCC)cc1. The van der Waals surface area contributed by atoms with Crippen molar-refractivity contribution in [2.75, 3.05) is 19.8 Å². The van der Waals surface area contributed by atoms with E-state index >= 15 is 0 Å². The molecule has 0 saturated heterocycles. The number of rotatable bonds is 8. The molecular formula is C16H24O2. The summed E-state index contributed by atoms with van der Waals surface area (Å²) in [5.74, 6) is 0.893. The Bertz CT molecular complexity index is 352. The van der Waals surface area contributed by atoms with Crippen LogP contribution in [0.25, 0.3) is 6.08 Å². The predicted molar refractivity (Wildman–Crippen MR) is 76.9 cm³/mol. The van der Waals surface area contributed by atoms with Crippen LogP contribution in [-0.2, 0) is 4.74 Å². The summed E-state index contributed by atoms with van der Waals surface area (Å²) in [6, 6.07) is 7.95. The minimum Gasteiger partial charge on any atom is -0.493 e. The Morgan fingerprint density at radius 3 is 2.39 bits per heavy atom. The molecule has 0 bridgehead atoms. The van der Waals surface area contributed by atoms with Crippen molar-refractivity contribution in [2.45, 2.75) is 27.2 Å². The maximum atomic E-state index is 5.79. The van der Waals surface area contributed by atoms with Crippen molar-refractivity contribution in [2.24, 2.45) is 5.41 Å². The molecule has 0 aliphatic heterocycles. The molecule has 100 valence electrons. The number of ether oxygens (including phenoxy) is 2. The van der Waals surface area contributed by atoms with Crippen LogP contribution in [0.4, 0.5) is 0 Å². The third-order valence-corrected chi connectivity index (χ3v) is 2.59. The highest BCUT2D eigenvalue weighted by Gasteiger charge is 2.19. The van der Waals surface area contributed by atoms with Crippen LogP contribution in [0.3, 0.4) is 0 Å². The van der Waals surface area contributed by atoms with Gasteiger partial charge in [-0.15, -0.1) is 0 Å². The largest absolute Gasteiger partial charge is 0.493 e. The molecule has 0 aromatic heterocycles. The Balaban J connectivity index is 2.40. The van der Waals surface area contributed by atoms with E-state index in [1.54, 1.807) is 0 Å². The van der Waals surface area contributed by atoms with Gasteiger partial charge in [0.05, 0.1) is 13.2 Å². The maximum absolute atomic E-state index is 5.79. The summed E-state index contributed by atoms with van der Waals surface area (Å²) in [5.41, 5.74) is 1.14. The topological polar surface area (TPSA) is 18.5 Å². The zero-order chi connectivity index (χ0) is 13.4. The van der Waals surface area contributed by atoms with E-state index < -0.39 is 0 Å². The van der Waals surface area contributed by atoms with Gasteiger partial charge in [-0.1, -0.05) is 45.6 Å². The summed E-state index contributed by atoms with van der Waals surface area (Å²) in [6.45, 7) is 12.4. The van der Waals surface area contributed by atoms with Crippen LogP contribution in [0.5, 0.6) is 5.75 Å². The normalized spacial score (nSPS) is 11.3. The van der Waals surface area contributed by atoms with Crippen LogP contribution >= 0.6 is 0 Å². The first-order valence-corrected chi connectivity index (χ1v) is 6.50. The molecule has 0 radical (unpaired) electrons. The van der Waals surface area contributed by atoms with Gasteiger partial charge in [0.25, 0.3) is 0 Å². The molecule has 0 spiro atoms. The summed E-state index contributed by atoms with van der Waals surface area (Å²) < 4.78 is 11.4. The Hall–Kier alpha value is -1.28.